The molecule has 0 radical (unpaired) electrons. The maximum absolute atomic E-state index is 13.7. The molecule has 0 spiro atoms. The standard InChI is InChI=1S/C17H25FO/c1-2-3-4-5-6-7-12-17(19)13-11-14-15(17)9-8-10-16(14)18/h8-10,19H,2-7,11-13H2,1H3. The van der Waals surface area contributed by atoms with E-state index in [2.05, 4.69) is 6.92 Å². The Morgan fingerprint density at radius 2 is 1.89 bits per heavy atom. The average Bonchev–Trinajstić information content (AvgIpc) is 2.74. The van der Waals surface area contributed by atoms with Gasteiger partial charge in [0.15, 0.2) is 0 Å². The van der Waals surface area contributed by atoms with Crippen molar-refractivity contribution >= 4 is 0 Å². The summed E-state index contributed by atoms with van der Waals surface area (Å²) in [6, 6.07) is 5.10. The van der Waals surface area contributed by atoms with Crippen molar-refractivity contribution in [1.82, 2.24) is 0 Å². The van der Waals surface area contributed by atoms with E-state index in [1.807, 2.05) is 6.07 Å². The molecule has 1 aromatic rings. The summed E-state index contributed by atoms with van der Waals surface area (Å²) < 4.78 is 13.7. The van der Waals surface area contributed by atoms with E-state index in [9.17, 15) is 9.50 Å². The van der Waals surface area contributed by atoms with Crippen molar-refractivity contribution in [2.75, 3.05) is 0 Å². The highest BCUT2D eigenvalue weighted by Gasteiger charge is 2.37. The maximum Gasteiger partial charge on any atom is 0.126 e. The van der Waals surface area contributed by atoms with E-state index in [0.717, 1.165) is 24.0 Å². The lowest BCUT2D eigenvalue weighted by Gasteiger charge is -2.24. The number of hydrogen-bond acceptors (Lipinski definition) is 1. The third-order valence-corrected chi connectivity index (χ3v) is 4.35. The molecular weight excluding hydrogens is 239 g/mol. The lowest BCUT2D eigenvalue weighted by Crippen LogP contribution is -2.22. The zero-order valence-electron chi connectivity index (χ0n) is 11.9. The van der Waals surface area contributed by atoms with Crippen LogP contribution in [-0.2, 0) is 12.0 Å². The lowest BCUT2D eigenvalue weighted by molar-refractivity contribution is 0.0267. The Bertz CT molecular complexity index is 416. The fourth-order valence-corrected chi connectivity index (χ4v) is 3.17. The number of fused-ring (bicyclic) bond motifs is 1. The molecule has 0 aliphatic heterocycles. The molecular formula is C17H25FO. The molecule has 1 aromatic carbocycles. The Morgan fingerprint density at radius 3 is 2.68 bits per heavy atom. The summed E-state index contributed by atoms with van der Waals surface area (Å²) in [5.41, 5.74) is 0.791. The molecule has 0 aromatic heterocycles. The lowest BCUT2D eigenvalue weighted by atomic mass is 9.89. The van der Waals surface area contributed by atoms with E-state index >= 15 is 0 Å². The number of benzene rings is 1. The zero-order valence-corrected chi connectivity index (χ0v) is 11.9. The molecule has 1 atom stereocenters. The van der Waals surface area contributed by atoms with E-state index in [-0.39, 0.29) is 5.82 Å². The Kier molecular flexibility index (Phi) is 4.98. The first-order valence-corrected chi connectivity index (χ1v) is 7.67. The number of aliphatic hydroxyl groups is 1. The molecule has 2 rings (SSSR count). The van der Waals surface area contributed by atoms with Gasteiger partial charge in [-0.1, -0.05) is 57.6 Å². The van der Waals surface area contributed by atoms with Crippen molar-refractivity contribution in [3.8, 4) is 0 Å². The first-order chi connectivity index (χ1) is 9.17. The van der Waals surface area contributed by atoms with Crippen LogP contribution >= 0.6 is 0 Å². The van der Waals surface area contributed by atoms with Crippen LogP contribution in [-0.4, -0.2) is 5.11 Å². The second kappa shape index (κ2) is 6.51. The van der Waals surface area contributed by atoms with Gasteiger partial charge in [0.2, 0.25) is 0 Å². The van der Waals surface area contributed by atoms with Crippen molar-refractivity contribution in [1.29, 1.82) is 0 Å². The topological polar surface area (TPSA) is 20.2 Å². The summed E-state index contributed by atoms with van der Waals surface area (Å²) in [7, 11) is 0. The zero-order chi connectivity index (χ0) is 13.7. The normalized spacial score (nSPS) is 21.6. The van der Waals surface area contributed by atoms with Crippen LogP contribution in [0.3, 0.4) is 0 Å². The van der Waals surface area contributed by atoms with Crippen LogP contribution in [0.1, 0.15) is 69.4 Å². The molecule has 106 valence electrons. The number of hydrogen-bond donors (Lipinski definition) is 1. The van der Waals surface area contributed by atoms with Crippen LogP contribution in [0.5, 0.6) is 0 Å². The number of rotatable bonds is 7. The number of unbranched alkanes of at least 4 members (excludes halogenated alkanes) is 5. The smallest absolute Gasteiger partial charge is 0.126 e. The molecule has 0 saturated heterocycles. The SMILES string of the molecule is CCCCCCCCC1(O)CCc2c(F)cccc21. The quantitative estimate of drug-likeness (QED) is 0.707. The Morgan fingerprint density at radius 1 is 1.16 bits per heavy atom. The summed E-state index contributed by atoms with van der Waals surface area (Å²) in [5.74, 6) is -0.156. The predicted molar refractivity (Wildman–Crippen MR) is 76.6 cm³/mol. The highest BCUT2D eigenvalue weighted by Crippen LogP contribution is 2.41. The fraction of sp³-hybridized carbons (Fsp3) is 0.647. The first-order valence-electron chi connectivity index (χ1n) is 7.67. The van der Waals surface area contributed by atoms with Crippen molar-refractivity contribution in [2.45, 2.75) is 70.3 Å². The highest BCUT2D eigenvalue weighted by molar-refractivity contribution is 5.38. The molecule has 0 heterocycles. The predicted octanol–water partition coefficient (Wildman–Crippen LogP) is 4.71. The van der Waals surface area contributed by atoms with Gasteiger partial charge >= 0.3 is 0 Å². The van der Waals surface area contributed by atoms with Gasteiger partial charge in [0.1, 0.15) is 5.82 Å². The minimum absolute atomic E-state index is 0.156. The van der Waals surface area contributed by atoms with Crippen LogP contribution in [0.4, 0.5) is 4.39 Å². The molecule has 0 amide bonds. The summed E-state index contributed by atoms with van der Waals surface area (Å²) in [4.78, 5) is 0. The van der Waals surface area contributed by atoms with Crippen LogP contribution < -0.4 is 0 Å². The monoisotopic (exact) mass is 264 g/mol. The first kappa shape index (κ1) is 14.5. The highest BCUT2D eigenvalue weighted by atomic mass is 19.1. The third kappa shape index (κ3) is 3.36. The third-order valence-electron chi connectivity index (χ3n) is 4.35. The molecule has 1 nitrogen and oxygen atoms in total. The van der Waals surface area contributed by atoms with Crippen molar-refractivity contribution in [3.05, 3.63) is 35.1 Å². The van der Waals surface area contributed by atoms with E-state index in [1.54, 1.807) is 6.07 Å². The Hall–Kier alpha value is -0.890. The average molecular weight is 264 g/mol. The van der Waals surface area contributed by atoms with Gasteiger partial charge in [0.05, 0.1) is 5.60 Å². The molecule has 1 aliphatic rings. The second-order valence-electron chi connectivity index (χ2n) is 5.82. The van der Waals surface area contributed by atoms with Crippen LogP contribution in [0.25, 0.3) is 0 Å². The molecule has 2 heteroatoms. The van der Waals surface area contributed by atoms with E-state index in [4.69, 9.17) is 0 Å². The van der Waals surface area contributed by atoms with E-state index in [1.165, 1.54) is 38.2 Å². The minimum Gasteiger partial charge on any atom is -0.385 e. The second-order valence-corrected chi connectivity index (χ2v) is 5.82. The summed E-state index contributed by atoms with van der Waals surface area (Å²) in [5, 5.41) is 10.7. The molecule has 0 bridgehead atoms. The van der Waals surface area contributed by atoms with Crippen molar-refractivity contribution < 1.29 is 9.50 Å². The maximum atomic E-state index is 13.7. The van der Waals surface area contributed by atoms with E-state index < -0.39 is 5.60 Å². The molecule has 0 fully saturated rings. The summed E-state index contributed by atoms with van der Waals surface area (Å²) >= 11 is 0. The molecule has 1 N–H and O–H groups in total. The van der Waals surface area contributed by atoms with E-state index in [0.29, 0.717) is 12.8 Å². The molecule has 1 unspecified atom stereocenters. The number of halogens is 1. The molecule has 1 aliphatic carbocycles. The van der Waals surface area contributed by atoms with Crippen molar-refractivity contribution in [2.24, 2.45) is 0 Å². The van der Waals surface area contributed by atoms with Crippen LogP contribution in [0.15, 0.2) is 18.2 Å². The van der Waals surface area contributed by atoms with Gasteiger partial charge in [0, 0.05) is 0 Å². The fourth-order valence-electron chi connectivity index (χ4n) is 3.17. The van der Waals surface area contributed by atoms with Gasteiger partial charge in [-0.25, -0.2) is 4.39 Å². The van der Waals surface area contributed by atoms with Gasteiger partial charge in [-0.2, -0.15) is 0 Å². The Balaban J connectivity index is 1.86. The van der Waals surface area contributed by atoms with Gasteiger partial charge < -0.3 is 5.11 Å². The molecule has 0 saturated carbocycles. The minimum atomic E-state index is -0.776. The van der Waals surface area contributed by atoms with Gasteiger partial charge in [-0.15, -0.1) is 0 Å². The van der Waals surface area contributed by atoms with Crippen LogP contribution in [0.2, 0.25) is 0 Å². The largest absolute Gasteiger partial charge is 0.385 e. The van der Waals surface area contributed by atoms with Gasteiger partial charge in [-0.05, 0) is 36.5 Å². The van der Waals surface area contributed by atoms with Crippen LogP contribution in [0, 0.1) is 5.82 Å². The molecule has 19 heavy (non-hydrogen) atoms. The Labute approximate surface area is 115 Å². The van der Waals surface area contributed by atoms with Crippen molar-refractivity contribution in [3.63, 3.8) is 0 Å². The summed E-state index contributed by atoms with van der Waals surface area (Å²) in [6.07, 6.45) is 9.44. The van der Waals surface area contributed by atoms with Gasteiger partial charge in [-0.3, -0.25) is 0 Å². The summed E-state index contributed by atoms with van der Waals surface area (Å²) in [6.45, 7) is 2.22. The van der Waals surface area contributed by atoms with Gasteiger partial charge in [0.25, 0.3) is 0 Å².